The molecule has 4 nitrogen and oxygen atoms in total. The van der Waals surface area contributed by atoms with Crippen molar-refractivity contribution in [3.8, 4) is 39.1 Å². The number of benzene rings is 9. The van der Waals surface area contributed by atoms with Crippen molar-refractivity contribution in [1.82, 2.24) is 4.57 Å². The number of nitrogens with one attached hydrogen (secondary N) is 1. The van der Waals surface area contributed by atoms with Crippen LogP contribution in [0, 0.1) is 0 Å². The molecule has 0 saturated heterocycles. The molecule has 0 amide bonds. The van der Waals surface area contributed by atoms with Gasteiger partial charge in [0.25, 0.3) is 0 Å². The molecule has 11 aromatic rings. The van der Waals surface area contributed by atoms with Gasteiger partial charge in [-0.05, 0) is 106 Å². The van der Waals surface area contributed by atoms with E-state index < -0.39 is 0 Å². The second-order valence-electron chi connectivity index (χ2n) is 15.4. The molecule has 3 heterocycles. The molecule has 1 unspecified atom stereocenters. The van der Waals surface area contributed by atoms with Gasteiger partial charge in [-0.2, -0.15) is 0 Å². The van der Waals surface area contributed by atoms with Crippen molar-refractivity contribution in [2.45, 2.75) is 6.17 Å². The van der Waals surface area contributed by atoms with Crippen LogP contribution in [0.2, 0.25) is 0 Å². The molecule has 2 aromatic heterocycles. The van der Waals surface area contributed by atoms with E-state index in [1.54, 1.807) is 0 Å². The van der Waals surface area contributed by atoms with Gasteiger partial charge in [-0.25, -0.2) is 0 Å². The second-order valence-corrected chi connectivity index (χ2v) is 15.4. The van der Waals surface area contributed by atoms with Crippen LogP contribution in [0.5, 0.6) is 0 Å². The molecule has 9 aromatic carbocycles. The van der Waals surface area contributed by atoms with Gasteiger partial charge in [0.1, 0.15) is 17.3 Å². The van der Waals surface area contributed by atoms with Crippen LogP contribution in [0.25, 0.3) is 82.8 Å². The van der Waals surface area contributed by atoms with E-state index in [1.165, 1.54) is 44.3 Å². The van der Waals surface area contributed by atoms with Gasteiger partial charge < -0.3 is 19.2 Å². The van der Waals surface area contributed by atoms with Gasteiger partial charge in [-0.15, -0.1) is 0 Å². The maximum absolute atomic E-state index is 6.71. The van der Waals surface area contributed by atoms with Gasteiger partial charge in [-0.1, -0.05) is 140 Å². The highest BCUT2D eigenvalue weighted by atomic mass is 16.3. The molecule has 0 spiro atoms. The van der Waals surface area contributed by atoms with Gasteiger partial charge in [0.15, 0.2) is 0 Å². The number of aromatic nitrogens is 1. The SMILES string of the molecule is c1ccc(-c2ccc3c(c2)c2cc(-c4ccccc4)ccc2n3-c2ccc3c(c2)oc2cccc(-c4ccc(N5c6ccccc6NC5c5ccccc5)cc4)c23)cc1. The number of nitrogens with zero attached hydrogens (tertiary/aromatic N) is 2. The van der Waals surface area contributed by atoms with Crippen LogP contribution in [0.15, 0.2) is 217 Å². The van der Waals surface area contributed by atoms with E-state index in [1.807, 2.05) is 0 Å². The lowest BCUT2D eigenvalue weighted by Gasteiger charge is -2.27. The molecule has 4 heteroatoms. The number of anilines is 3. The van der Waals surface area contributed by atoms with E-state index >= 15 is 0 Å². The number of furan rings is 1. The Morgan fingerprint density at radius 1 is 0.407 bits per heavy atom. The predicted molar refractivity (Wildman–Crippen MR) is 246 cm³/mol. The molecule has 0 bridgehead atoms. The highest BCUT2D eigenvalue weighted by molar-refractivity contribution is 6.14. The van der Waals surface area contributed by atoms with Crippen molar-refractivity contribution in [1.29, 1.82) is 0 Å². The van der Waals surface area contributed by atoms with E-state index in [0.717, 1.165) is 61.2 Å². The quantitative estimate of drug-likeness (QED) is 0.183. The lowest BCUT2D eigenvalue weighted by atomic mass is 9.99. The maximum Gasteiger partial charge on any atom is 0.137 e. The zero-order valence-corrected chi connectivity index (χ0v) is 32.1. The summed E-state index contributed by atoms with van der Waals surface area (Å²) in [6.07, 6.45) is 0.00117. The van der Waals surface area contributed by atoms with Crippen molar-refractivity contribution in [3.63, 3.8) is 0 Å². The van der Waals surface area contributed by atoms with E-state index in [0.29, 0.717) is 0 Å². The van der Waals surface area contributed by atoms with Crippen molar-refractivity contribution >= 4 is 60.8 Å². The molecule has 1 aliphatic rings. The van der Waals surface area contributed by atoms with Crippen LogP contribution in [0.4, 0.5) is 17.1 Å². The Hall–Kier alpha value is -7.82. The molecule has 1 atom stereocenters. The van der Waals surface area contributed by atoms with E-state index in [4.69, 9.17) is 4.42 Å². The van der Waals surface area contributed by atoms with E-state index in [-0.39, 0.29) is 6.17 Å². The molecule has 59 heavy (non-hydrogen) atoms. The molecular weight excluding hydrogens is 719 g/mol. The summed E-state index contributed by atoms with van der Waals surface area (Å²) >= 11 is 0. The summed E-state index contributed by atoms with van der Waals surface area (Å²) in [6, 6.07) is 76.2. The molecule has 0 fully saturated rings. The summed E-state index contributed by atoms with van der Waals surface area (Å²) in [6.45, 7) is 0. The zero-order chi connectivity index (χ0) is 38.9. The van der Waals surface area contributed by atoms with Crippen LogP contribution >= 0.6 is 0 Å². The lowest BCUT2D eigenvalue weighted by Crippen LogP contribution is -2.23. The Labute approximate surface area is 341 Å². The minimum Gasteiger partial charge on any atom is -0.456 e. The largest absolute Gasteiger partial charge is 0.456 e. The van der Waals surface area contributed by atoms with Crippen LogP contribution in [0.3, 0.4) is 0 Å². The Morgan fingerprint density at radius 3 is 1.68 bits per heavy atom. The third-order valence-corrected chi connectivity index (χ3v) is 12.0. The molecule has 12 rings (SSSR count). The first-order valence-corrected chi connectivity index (χ1v) is 20.2. The Balaban J connectivity index is 0.963. The molecular formula is C55H37N3O. The van der Waals surface area contributed by atoms with Crippen molar-refractivity contribution in [2.24, 2.45) is 0 Å². The number of hydrogen-bond acceptors (Lipinski definition) is 3. The Morgan fingerprint density at radius 2 is 1.00 bits per heavy atom. The fraction of sp³-hybridized carbons (Fsp3) is 0.0182. The summed E-state index contributed by atoms with van der Waals surface area (Å²) < 4.78 is 9.09. The normalized spacial score (nSPS) is 13.7. The van der Waals surface area contributed by atoms with Gasteiger partial charge in [0.05, 0.1) is 22.4 Å². The first-order chi connectivity index (χ1) is 29.2. The molecule has 278 valence electrons. The fourth-order valence-corrected chi connectivity index (χ4v) is 9.23. The lowest BCUT2D eigenvalue weighted by molar-refractivity contribution is 0.668. The van der Waals surface area contributed by atoms with Crippen LogP contribution in [-0.2, 0) is 0 Å². The number of para-hydroxylation sites is 2. The average molecular weight is 756 g/mol. The molecule has 0 radical (unpaired) electrons. The highest BCUT2D eigenvalue weighted by Gasteiger charge is 2.31. The van der Waals surface area contributed by atoms with E-state index in [9.17, 15) is 0 Å². The summed E-state index contributed by atoms with van der Waals surface area (Å²) in [5.41, 5.74) is 16.9. The minimum absolute atomic E-state index is 0.00117. The predicted octanol–water partition coefficient (Wildman–Crippen LogP) is 14.9. The first kappa shape index (κ1) is 33.3. The van der Waals surface area contributed by atoms with Crippen molar-refractivity contribution < 1.29 is 4.42 Å². The third-order valence-electron chi connectivity index (χ3n) is 12.0. The summed E-state index contributed by atoms with van der Waals surface area (Å²) in [5.74, 6) is 0. The number of fused-ring (bicyclic) bond motifs is 7. The topological polar surface area (TPSA) is 33.3 Å². The monoisotopic (exact) mass is 755 g/mol. The minimum atomic E-state index is 0.00117. The number of hydrogen-bond donors (Lipinski definition) is 1. The van der Waals surface area contributed by atoms with Crippen LogP contribution in [0.1, 0.15) is 11.7 Å². The van der Waals surface area contributed by atoms with Gasteiger partial charge >= 0.3 is 0 Å². The van der Waals surface area contributed by atoms with Gasteiger partial charge in [0, 0.05) is 39.0 Å². The van der Waals surface area contributed by atoms with Crippen molar-refractivity contribution in [2.75, 3.05) is 10.2 Å². The van der Waals surface area contributed by atoms with Crippen LogP contribution in [-0.4, -0.2) is 4.57 Å². The van der Waals surface area contributed by atoms with Crippen LogP contribution < -0.4 is 10.2 Å². The fourth-order valence-electron chi connectivity index (χ4n) is 9.23. The average Bonchev–Trinajstić information content (AvgIpc) is 3.99. The zero-order valence-electron chi connectivity index (χ0n) is 32.1. The summed E-state index contributed by atoms with van der Waals surface area (Å²) in [5, 5.41) is 8.42. The molecule has 0 saturated carbocycles. The molecule has 0 aliphatic carbocycles. The molecule has 1 aliphatic heterocycles. The van der Waals surface area contributed by atoms with Gasteiger partial charge in [-0.3, -0.25) is 0 Å². The standard InChI is InChI=1S/C55H37N3O/c1-4-13-36(14-5-1)40-25-31-49-46(33-40)47-34-41(37-15-6-2-7-16-37)26-32-50(47)57(49)43-29-30-45-53(35-43)59-52-22-12-19-44(54(45)52)38-23-27-42(28-24-38)58-51-21-11-10-20-48(51)56-55(58)39-17-8-3-9-18-39/h1-35,55-56H. The smallest absolute Gasteiger partial charge is 0.137 e. The van der Waals surface area contributed by atoms with Gasteiger partial charge in [0.2, 0.25) is 0 Å². The Bertz CT molecular complexity index is 3250. The summed E-state index contributed by atoms with van der Waals surface area (Å²) in [4.78, 5) is 2.39. The van der Waals surface area contributed by atoms with E-state index in [2.05, 4.69) is 227 Å². The summed E-state index contributed by atoms with van der Waals surface area (Å²) in [7, 11) is 0. The number of rotatable bonds is 6. The second kappa shape index (κ2) is 13.4. The molecule has 1 N–H and O–H groups in total. The highest BCUT2D eigenvalue weighted by Crippen LogP contribution is 2.47. The Kier molecular flexibility index (Phi) is 7.57. The third kappa shape index (κ3) is 5.45. The maximum atomic E-state index is 6.71. The van der Waals surface area contributed by atoms with Crippen molar-refractivity contribution in [3.05, 3.63) is 218 Å². The first-order valence-electron chi connectivity index (χ1n) is 20.2.